The fourth-order valence-electron chi connectivity index (χ4n) is 5.99. The Kier molecular flexibility index (Phi) is 5.31. The lowest BCUT2D eigenvalue weighted by atomic mass is 9.56. The second-order valence-corrected chi connectivity index (χ2v) is 10.9. The standard InChI is InChI=1S/C22H32N2OS/c1-15(2)6-20(19-4-3-5-23-13-19)24-21(25)14-26-22-10-16-7-17(11-22)9-18(8-16)12-22/h3-5,13,15-18,20H,6-12,14H2,1-2H3,(H,24,25). The summed E-state index contributed by atoms with van der Waals surface area (Å²) in [7, 11) is 0. The molecule has 0 radical (unpaired) electrons. The van der Waals surface area contributed by atoms with Crippen LogP contribution in [0.2, 0.25) is 0 Å². The molecule has 1 amide bonds. The summed E-state index contributed by atoms with van der Waals surface area (Å²) in [5.74, 6) is 4.18. The van der Waals surface area contributed by atoms with E-state index in [0.717, 1.165) is 29.7 Å². The van der Waals surface area contributed by atoms with Gasteiger partial charge in [-0.25, -0.2) is 0 Å². The zero-order chi connectivity index (χ0) is 18.1. The number of amides is 1. The van der Waals surface area contributed by atoms with E-state index >= 15 is 0 Å². The van der Waals surface area contributed by atoms with Crippen molar-refractivity contribution in [2.24, 2.45) is 23.7 Å². The average Bonchev–Trinajstić information content (AvgIpc) is 2.59. The van der Waals surface area contributed by atoms with E-state index in [9.17, 15) is 4.79 Å². The Bertz CT molecular complexity index is 595. The maximum absolute atomic E-state index is 12.7. The maximum Gasteiger partial charge on any atom is 0.230 e. The van der Waals surface area contributed by atoms with Crippen LogP contribution in [0.15, 0.2) is 24.5 Å². The number of hydrogen-bond acceptors (Lipinski definition) is 3. The first-order valence-electron chi connectivity index (χ1n) is 10.3. The van der Waals surface area contributed by atoms with Gasteiger partial charge >= 0.3 is 0 Å². The zero-order valence-corrected chi connectivity index (χ0v) is 16.9. The number of carbonyl (C=O) groups excluding carboxylic acids is 1. The summed E-state index contributed by atoms with van der Waals surface area (Å²) in [6.07, 6.45) is 13.1. The van der Waals surface area contributed by atoms with Gasteiger partial charge in [0.15, 0.2) is 0 Å². The minimum atomic E-state index is 0.0770. The van der Waals surface area contributed by atoms with Gasteiger partial charge in [-0.15, -0.1) is 11.8 Å². The molecule has 1 N–H and O–H groups in total. The predicted molar refractivity (Wildman–Crippen MR) is 108 cm³/mol. The number of pyridine rings is 1. The van der Waals surface area contributed by atoms with Gasteiger partial charge in [-0.3, -0.25) is 9.78 Å². The third kappa shape index (κ3) is 4.11. The molecule has 1 unspecified atom stereocenters. The number of nitrogens with one attached hydrogen (secondary N) is 1. The highest BCUT2D eigenvalue weighted by Gasteiger charge is 2.51. The molecule has 4 saturated carbocycles. The maximum atomic E-state index is 12.7. The Labute approximate surface area is 162 Å². The smallest absolute Gasteiger partial charge is 0.230 e. The van der Waals surface area contributed by atoms with E-state index in [0.29, 0.717) is 16.4 Å². The van der Waals surface area contributed by atoms with Crippen molar-refractivity contribution < 1.29 is 4.79 Å². The molecule has 26 heavy (non-hydrogen) atoms. The lowest BCUT2D eigenvalue weighted by Crippen LogP contribution is -2.49. The number of thioether (sulfide) groups is 1. The molecular formula is C22H32N2OS. The Morgan fingerprint density at radius 3 is 2.42 bits per heavy atom. The molecule has 1 heterocycles. The van der Waals surface area contributed by atoms with Crippen molar-refractivity contribution >= 4 is 17.7 Å². The minimum absolute atomic E-state index is 0.0770. The summed E-state index contributed by atoms with van der Waals surface area (Å²) in [6.45, 7) is 4.42. The van der Waals surface area contributed by atoms with Gasteiger partial charge in [0.05, 0.1) is 11.8 Å². The van der Waals surface area contributed by atoms with Crippen molar-refractivity contribution in [2.75, 3.05) is 5.75 Å². The van der Waals surface area contributed by atoms with E-state index < -0.39 is 0 Å². The fraction of sp³-hybridized carbons (Fsp3) is 0.727. The second-order valence-electron chi connectivity index (χ2n) is 9.43. The molecule has 142 valence electrons. The van der Waals surface area contributed by atoms with Crippen molar-refractivity contribution in [1.82, 2.24) is 10.3 Å². The van der Waals surface area contributed by atoms with E-state index in [2.05, 4.69) is 30.2 Å². The largest absolute Gasteiger partial charge is 0.349 e. The van der Waals surface area contributed by atoms with Crippen LogP contribution in [0.4, 0.5) is 0 Å². The lowest BCUT2D eigenvalue weighted by Gasteiger charge is -2.56. The number of hydrogen-bond donors (Lipinski definition) is 1. The number of aromatic nitrogens is 1. The van der Waals surface area contributed by atoms with Gasteiger partial charge in [-0.05, 0) is 80.2 Å². The molecule has 0 spiro atoms. The molecule has 0 aromatic carbocycles. The highest BCUT2D eigenvalue weighted by atomic mass is 32.2. The summed E-state index contributed by atoms with van der Waals surface area (Å²) in [4.78, 5) is 17.0. The zero-order valence-electron chi connectivity index (χ0n) is 16.1. The van der Waals surface area contributed by atoms with Gasteiger partial charge in [0, 0.05) is 17.1 Å². The van der Waals surface area contributed by atoms with Gasteiger partial charge in [0.25, 0.3) is 0 Å². The molecule has 1 aromatic rings. The molecule has 1 aromatic heterocycles. The first-order valence-corrected chi connectivity index (χ1v) is 11.3. The highest BCUT2D eigenvalue weighted by Crippen LogP contribution is 2.60. The Balaban J connectivity index is 1.35. The topological polar surface area (TPSA) is 42.0 Å². The van der Waals surface area contributed by atoms with Crippen LogP contribution in [0.3, 0.4) is 0 Å². The first kappa shape index (κ1) is 18.3. The quantitative estimate of drug-likeness (QED) is 0.733. The molecule has 0 saturated heterocycles. The van der Waals surface area contributed by atoms with Gasteiger partial charge in [0.2, 0.25) is 5.91 Å². The predicted octanol–water partition coefficient (Wildman–Crippen LogP) is 4.99. The summed E-state index contributed by atoms with van der Waals surface area (Å²) in [6, 6.07) is 4.11. The molecule has 5 rings (SSSR count). The molecule has 4 bridgehead atoms. The van der Waals surface area contributed by atoms with Crippen LogP contribution in [-0.2, 0) is 4.79 Å². The third-order valence-electron chi connectivity index (χ3n) is 6.62. The normalized spacial score (nSPS) is 33.4. The number of carbonyl (C=O) groups is 1. The van der Waals surface area contributed by atoms with Crippen LogP contribution in [-0.4, -0.2) is 21.4 Å². The summed E-state index contributed by atoms with van der Waals surface area (Å²) >= 11 is 1.97. The van der Waals surface area contributed by atoms with E-state index in [1.807, 2.05) is 24.0 Å². The molecule has 4 aliphatic rings. The van der Waals surface area contributed by atoms with Crippen molar-refractivity contribution in [3.8, 4) is 0 Å². The van der Waals surface area contributed by atoms with Crippen LogP contribution in [0, 0.1) is 23.7 Å². The molecule has 4 fully saturated rings. The third-order valence-corrected chi connectivity index (χ3v) is 8.14. The molecule has 4 heteroatoms. The van der Waals surface area contributed by atoms with Crippen molar-refractivity contribution in [2.45, 2.75) is 69.6 Å². The Morgan fingerprint density at radius 1 is 1.23 bits per heavy atom. The van der Waals surface area contributed by atoms with E-state index in [1.54, 1.807) is 6.20 Å². The molecule has 1 atom stereocenters. The van der Waals surface area contributed by atoms with E-state index in [1.165, 1.54) is 38.5 Å². The van der Waals surface area contributed by atoms with Crippen molar-refractivity contribution in [3.63, 3.8) is 0 Å². The van der Waals surface area contributed by atoms with Crippen molar-refractivity contribution in [3.05, 3.63) is 30.1 Å². The summed E-state index contributed by atoms with van der Waals surface area (Å²) in [5, 5.41) is 3.30. The Morgan fingerprint density at radius 2 is 1.88 bits per heavy atom. The average molecular weight is 373 g/mol. The highest BCUT2D eigenvalue weighted by molar-refractivity contribution is 8.01. The van der Waals surface area contributed by atoms with Crippen LogP contribution in [0.5, 0.6) is 0 Å². The van der Waals surface area contributed by atoms with Crippen LogP contribution in [0.1, 0.15) is 70.4 Å². The van der Waals surface area contributed by atoms with Crippen LogP contribution < -0.4 is 5.32 Å². The molecular weight excluding hydrogens is 340 g/mol. The molecule has 0 aliphatic heterocycles. The lowest BCUT2D eigenvalue weighted by molar-refractivity contribution is -0.119. The SMILES string of the molecule is CC(C)CC(NC(=O)CSC12CC3CC(CC(C3)C1)C2)c1cccnc1. The summed E-state index contributed by atoms with van der Waals surface area (Å²) < 4.78 is 0.411. The van der Waals surface area contributed by atoms with Crippen molar-refractivity contribution in [1.29, 1.82) is 0 Å². The van der Waals surface area contributed by atoms with Gasteiger partial charge in [-0.1, -0.05) is 19.9 Å². The second kappa shape index (κ2) is 7.53. The fourth-order valence-corrected chi connectivity index (χ4v) is 7.58. The number of nitrogens with zero attached hydrogens (tertiary/aromatic N) is 1. The van der Waals surface area contributed by atoms with E-state index in [4.69, 9.17) is 0 Å². The Hall–Kier alpha value is -1.03. The minimum Gasteiger partial charge on any atom is -0.349 e. The van der Waals surface area contributed by atoms with Gasteiger partial charge < -0.3 is 5.32 Å². The summed E-state index contributed by atoms with van der Waals surface area (Å²) in [5.41, 5.74) is 1.12. The van der Waals surface area contributed by atoms with Crippen LogP contribution >= 0.6 is 11.8 Å². The molecule has 4 aliphatic carbocycles. The first-order chi connectivity index (χ1) is 12.5. The molecule has 3 nitrogen and oxygen atoms in total. The number of rotatable bonds is 7. The van der Waals surface area contributed by atoms with Gasteiger partial charge in [-0.2, -0.15) is 0 Å². The van der Waals surface area contributed by atoms with E-state index in [-0.39, 0.29) is 11.9 Å². The monoisotopic (exact) mass is 372 g/mol. The van der Waals surface area contributed by atoms with Gasteiger partial charge in [0.1, 0.15) is 0 Å². The van der Waals surface area contributed by atoms with Crippen LogP contribution in [0.25, 0.3) is 0 Å².